The molecule has 1 atom stereocenters. The number of benzene rings is 2. The molecule has 4 rings (SSSR count). The highest BCUT2D eigenvalue weighted by Gasteiger charge is 2.29. The Morgan fingerprint density at radius 2 is 1.65 bits per heavy atom. The molecule has 0 spiro atoms. The molecule has 1 unspecified atom stereocenters. The Bertz CT molecular complexity index is 820. The second-order valence-electron chi connectivity index (χ2n) is 7.20. The first-order chi connectivity index (χ1) is 12.8. The van der Waals surface area contributed by atoms with Gasteiger partial charge in [0.1, 0.15) is 6.04 Å². The fraction of sp³-hybridized carbons (Fsp3) is 0.364. The zero-order valence-electron chi connectivity index (χ0n) is 15.2. The normalized spacial score (nSPS) is 16.3. The van der Waals surface area contributed by atoms with E-state index in [1.54, 1.807) is 0 Å². The highest BCUT2D eigenvalue weighted by molar-refractivity contribution is 5.52. The molecule has 1 aliphatic carbocycles. The third kappa shape index (κ3) is 3.79. The summed E-state index contributed by atoms with van der Waals surface area (Å²) in [6.45, 7) is 2.10. The van der Waals surface area contributed by atoms with E-state index in [9.17, 15) is 0 Å². The van der Waals surface area contributed by atoms with Crippen LogP contribution in [0.25, 0.3) is 11.5 Å². The number of rotatable bonds is 5. The lowest BCUT2D eigenvalue weighted by molar-refractivity contribution is 0.290. The molecule has 0 amide bonds. The second kappa shape index (κ2) is 7.73. The van der Waals surface area contributed by atoms with Crippen LogP contribution < -0.4 is 5.32 Å². The number of aryl methyl sites for hydroxylation is 1. The van der Waals surface area contributed by atoms with E-state index < -0.39 is 0 Å². The Labute approximate surface area is 154 Å². The maximum absolute atomic E-state index is 6.10. The van der Waals surface area contributed by atoms with E-state index in [4.69, 9.17) is 4.42 Å². The van der Waals surface area contributed by atoms with Crippen LogP contribution in [0.4, 0.5) is 5.69 Å². The summed E-state index contributed by atoms with van der Waals surface area (Å²) in [6.07, 6.45) is 6.28. The highest BCUT2D eigenvalue weighted by Crippen LogP contribution is 2.37. The number of hydrogen-bond acceptors (Lipinski definition) is 4. The quantitative estimate of drug-likeness (QED) is 0.636. The van der Waals surface area contributed by atoms with Crippen molar-refractivity contribution in [1.29, 1.82) is 0 Å². The predicted octanol–water partition coefficient (Wildman–Crippen LogP) is 5.78. The molecule has 134 valence electrons. The fourth-order valence-corrected chi connectivity index (χ4v) is 3.74. The molecule has 4 nitrogen and oxygen atoms in total. The molecule has 1 aromatic heterocycles. The van der Waals surface area contributed by atoms with Gasteiger partial charge in [0.25, 0.3) is 0 Å². The van der Waals surface area contributed by atoms with Crippen LogP contribution in [0.15, 0.2) is 59.0 Å². The third-order valence-corrected chi connectivity index (χ3v) is 5.22. The van der Waals surface area contributed by atoms with Gasteiger partial charge in [0.05, 0.1) is 0 Å². The van der Waals surface area contributed by atoms with Gasteiger partial charge in [0.2, 0.25) is 11.8 Å². The molecule has 26 heavy (non-hydrogen) atoms. The molecule has 2 aromatic carbocycles. The lowest BCUT2D eigenvalue weighted by Crippen LogP contribution is -2.23. The van der Waals surface area contributed by atoms with Crippen molar-refractivity contribution < 1.29 is 4.42 Å². The predicted molar refractivity (Wildman–Crippen MR) is 104 cm³/mol. The summed E-state index contributed by atoms with van der Waals surface area (Å²) < 4.78 is 6.10. The molecule has 0 radical (unpaired) electrons. The molecule has 0 saturated heterocycles. The maximum atomic E-state index is 6.10. The van der Waals surface area contributed by atoms with Gasteiger partial charge in [-0.1, -0.05) is 55.2 Å². The smallest absolute Gasteiger partial charge is 0.247 e. The third-order valence-electron chi connectivity index (χ3n) is 5.22. The molecular formula is C22H25N3O. The largest absolute Gasteiger partial charge is 0.418 e. The van der Waals surface area contributed by atoms with E-state index in [1.807, 2.05) is 30.3 Å². The van der Waals surface area contributed by atoms with Gasteiger partial charge in [0.15, 0.2) is 0 Å². The van der Waals surface area contributed by atoms with Crippen molar-refractivity contribution in [1.82, 2.24) is 10.2 Å². The summed E-state index contributed by atoms with van der Waals surface area (Å²) in [5, 5.41) is 12.4. The maximum Gasteiger partial charge on any atom is 0.247 e. The van der Waals surface area contributed by atoms with Gasteiger partial charge in [-0.2, -0.15) is 0 Å². The standard InChI is InChI=1S/C22H25N3O/c1-16-12-14-19(15-13-16)23-20(17-8-4-2-5-9-17)22-25-24-21(26-22)18-10-6-3-7-11-18/h3,6-7,10-15,17,20,23H,2,4-5,8-9H2,1H3. The topological polar surface area (TPSA) is 51.0 Å². The van der Waals surface area contributed by atoms with Crippen LogP contribution in [0.1, 0.15) is 49.6 Å². The van der Waals surface area contributed by atoms with Crippen molar-refractivity contribution in [2.45, 2.75) is 45.1 Å². The molecule has 1 fully saturated rings. The minimum atomic E-state index is 0.0583. The first kappa shape index (κ1) is 16.8. The summed E-state index contributed by atoms with van der Waals surface area (Å²) in [6, 6.07) is 18.5. The first-order valence-corrected chi connectivity index (χ1v) is 9.51. The minimum Gasteiger partial charge on any atom is -0.418 e. The van der Waals surface area contributed by atoms with Gasteiger partial charge in [0, 0.05) is 11.3 Å². The minimum absolute atomic E-state index is 0.0583. The Morgan fingerprint density at radius 1 is 0.923 bits per heavy atom. The molecule has 0 aliphatic heterocycles. The van der Waals surface area contributed by atoms with Crippen molar-refractivity contribution >= 4 is 5.69 Å². The van der Waals surface area contributed by atoms with E-state index in [-0.39, 0.29) is 6.04 Å². The van der Waals surface area contributed by atoms with Gasteiger partial charge in [-0.3, -0.25) is 0 Å². The molecule has 1 N–H and O–H groups in total. The van der Waals surface area contributed by atoms with Crippen LogP contribution in [0.2, 0.25) is 0 Å². The van der Waals surface area contributed by atoms with E-state index in [0.29, 0.717) is 17.7 Å². The second-order valence-corrected chi connectivity index (χ2v) is 7.20. The highest BCUT2D eigenvalue weighted by atomic mass is 16.4. The molecule has 1 heterocycles. The van der Waals surface area contributed by atoms with E-state index in [0.717, 1.165) is 11.3 Å². The molecular weight excluding hydrogens is 322 g/mol. The van der Waals surface area contributed by atoms with E-state index >= 15 is 0 Å². The monoisotopic (exact) mass is 347 g/mol. The van der Waals surface area contributed by atoms with Crippen LogP contribution in [0, 0.1) is 12.8 Å². The summed E-state index contributed by atoms with van der Waals surface area (Å²) in [7, 11) is 0. The van der Waals surface area contributed by atoms with Crippen molar-refractivity contribution in [3.63, 3.8) is 0 Å². The van der Waals surface area contributed by atoms with Crippen LogP contribution >= 0.6 is 0 Å². The van der Waals surface area contributed by atoms with Gasteiger partial charge in [-0.15, -0.1) is 10.2 Å². The number of nitrogens with zero attached hydrogens (tertiary/aromatic N) is 2. The number of aromatic nitrogens is 2. The molecule has 0 bridgehead atoms. The Kier molecular flexibility index (Phi) is 5.00. The van der Waals surface area contributed by atoms with Gasteiger partial charge in [-0.05, 0) is 49.9 Å². The summed E-state index contributed by atoms with van der Waals surface area (Å²) >= 11 is 0. The summed E-state index contributed by atoms with van der Waals surface area (Å²) in [5.74, 6) is 1.80. The number of anilines is 1. The molecule has 1 aliphatic rings. The van der Waals surface area contributed by atoms with Crippen LogP contribution in [-0.2, 0) is 0 Å². The van der Waals surface area contributed by atoms with Crippen molar-refractivity contribution in [3.05, 3.63) is 66.1 Å². The zero-order chi connectivity index (χ0) is 17.8. The Balaban J connectivity index is 1.62. The lowest BCUT2D eigenvalue weighted by Gasteiger charge is -2.29. The van der Waals surface area contributed by atoms with Crippen LogP contribution in [-0.4, -0.2) is 10.2 Å². The fourth-order valence-electron chi connectivity index (χ4n) is 3.74. The van der Waals surface area contributed by atoms with Crippen molar-refractivity contribution in [3.8, 4) is 11.5 Å². The lowest BCUT2D eigenvalue weighted by atomic mass is 9.83. The van der Waals surface area contributed by atoms with Crippen molar-refractivity contribution in [2.75, 3.05) is 5.32 Å². The molecule has 4 heteroatoms. The van der Waals surface area contributed by atoms with Crippen molar-refractivity contribution in [2.24, 2.45) is 5.92 Å². The molecule has 1 saturated carbocycles. The Morgan fingerprint density at radius 3 is 2.38 bits per heavy atom. The van der Waals surface area contributed by atoms with Crippen LogP contribution in [0.5, 0.6) is 0 Å². The van der Waals surface area contributed by atoms with Gasteiger partial charge >= 0.3 is 0 Å². The SMILES string of the molecule is Cc1ccc(NC(c2nnc(-c3ccccc3)o2)C2CCCCC2)cc1. The number of nitrogens with one attached hydrogen (secondary N) is 1. The molecule has 3 aromatic rings. The summed E-state index contributed by atoms with van der Waals surface area (Å²) in [5.41, 5.74) is 3.32. The number of hydrogen-bond donors (Lipinski definition) is 1. The zero-order valence-corrected chi connectivity index (χ0v) is 15.2. The first-order valence-electron chi connectivity index (χ1n) is 9.51. The average Bonchev–Trinajstić information content (AvgIpc) is 3.19. The van der Waals surface area contributed by atoms with E-state index in [1.165, 1.54) is 37.7 Å². The Hall–Kier alpha value is -2.62. The summed E-state index contributed by atoms with van der Waals surface area (Å²) in [4.78, 5) is 0. The van der Waals surface area contributed by atoms with Crippen LogP contribution in [0.3, 0.4) is 0 Å². The van der Waals surface area contributed by atoms with E-state index in [2.05, 4.69) is 46.7 Å². The van der Waals surface area contributed by atoms with Gasteiger partial charge < -0.3 is 9.73 Å². The average molecular weight is 347 g/mol. The van der Waals surface area contributed by atoms with Gasteiger partial charge in [-0.25, -0.2) is 0 Å².